The minimum Gasteiger partial charge on any atom is -0.481 e. The smallest absolute Gasteiger partial charge is 0.396 e. The molecule has 0 saturated carbocycles. The van der Waals surface area contributed by atoms with Crippen molar-refractivity contribution in [3.05, 3.63) is 48.3 Å². The number of amides is 2. The number of aliphatic carboxylic acids is 1. The Morgan fingerprint density at radius 2 is 1.76 bits per heavy atom. The molecule has 3 rings (SSSR count). The average molecular weight is 464 g/mol. The first-order chi connectivity index (χ1) is 15.5. The van der Waals surface area contributed by atoms with Gasteiger partial charge in [-0.2, -0.15) is 13.2 Å². The van der Waals surface area contributed by atoms with Crippen LogP contribution < -0.4 is 15.5 Å². The molecular weight excluding hydrogens is 437 g/mol. The summed E-state index contributed by atoms with van der Waals surface area (Å²) in [7, 11) is 0. The molecular formula is C23H27F3N4O3. The van der Waals surface area contributed by atoms with Crippen LogP contribution in [-0.4, -0.2) is 41.4 Å². The van der Waals surface area contributed by atoms with Gasteiger partial charge in [-0.25, -0.2) is 4.79 Å². The molecule has 3 unspecified atom stereocenters. The van der Waals surface area contributed by atoms with Gasteiger partial charge in [0, 0.05) is 31.2 Å². The van der Waals surface area contributed by atoms with E-state index in [0.717, 1.165) is 6.42 Å². The Labute approximate surface area is 190 Å². The van der Waals surface area contributed by atoms with E-state index in [0.29, 0.717) is 36.3 Å². The predicted octanol–water partition coefficient (Wildman–Crippen LogP) is 5.33. The van der Waals surface area contributed by atoms with Crippen molar-refractivity contribution in [3.63, 3.8) is 0 Å². The molecule has 2 heterocycles. The Kier molecular flexibility index (Phi) is 7.45. The van der Waals surface area contributed by atoms with E-state index in [4.69, 9.17) is 5.11 Å². The number of halogens is 3. The number of nitrogens with one attached hydrogen (secondary N) is 2. The number of rotatable bonds is 6. The molecule has 0 radical (unpaired) electrons. The Bertz CT molecular complexity index is 975. The van der Waals surface area contributed by atoms with Gasteiger partial charge in [-0.15, -0.1) is 0 Å². The fraction of sp³-hybridized carbons (Fsp3) is 0.435. The lowest BCUT2D eigenvalue weighted by molar-refractivity contribution is -0.163. The highest BCUT2D eigenvalue weighted by molar-refractivity contribution is 6.02. The maximum absolute atomic E-state index is 13.6. The van der Waals surface area contributed by atoms with Crippen LogP contribution in [0.1, 0.15) is 38.2 Å². The van der Waals surface area contributed by atoms with Crippen molar-refractivity contribution in [2.45, 2.75) is 38.8 Å². The second-order valence-electron chi connectivity index (χ2n) is 8.63. The van der Waals surface area contributed by atoms with Crippen molar-refractivity contribution in [3.8, 4) is 0 Å². The van der Waals surface area contributed by atoms with Crippen LogP contribution in [-0.2, 0) is 4.79 Å². The number of aromatic nitrogens is 1. The maximum Gasteiger partial charge on any atom is 0.396 e. The summed E-state index contributed by atoms with van der Waals surface area (Å²) < 4.78 is 40.9. The average Bonchev–Trinajstić information content (AvgIpc) is 2.71. The minimum atomic E-state index is -4.75. The second kappa shape index (κ2) is 10.1. The zero-order chi connectivity index (χ0) is 24.2. The lowest BCUT2D eigenvalue weighted by Gasteiger charge is -2.37. The van der Waals surface area contributed by atoms with Crippen LogP contribution in [0.2, 0.25) is 0 Å². The Morgan fingerprint density at radius 1 is 1.12 bits per heavy atom. The van der Waals surface area contributed by atoms with E-state index in [2.05, 4.69) is 29.5 Å². The normalized spacial score (nSPS) is 19.6. The zero-order valence-electron chi connectivity index (χ0n) is 18.4. The number of benzene rings is 1. The van der Waals surface area contributed by atoms with Crippen LogP contribution in [0.4, 0.5) is 35.0 Å². The van der Waals surface area contributed by atoms with Gasteiger partial charge >= 0.3 is 18.2 Å². The number of carboxylic acid groups (broad SMARTS) is 1. The zero-order valence-corrected chi connectivity index (χ0v) is 18.4. The number of hydrogen-bond acceptors (Lipinski definition) is 4. The number of alkyl halides is 3. The van der Waals surface area contributed by atoms with Gasteiger partial charge < -0.3 is 20.6 Å². The van der Waals surface area contributed by atoms with Crippen molar-refractivity contribution in [1.82, 2.24) is 4.98 Å². The van der Waals surface area contributed by atoms with Crippen LogP contribution in [0.3, 0.4) is 0 Å². The third-order valence-electron chi connectivity index (χ3n) is 5.59. The molecule has 33 heavy (non-hydrogen) atoms. The summed E-state index contributed by atoms with van der Waals surface area (Å²) in [5.41, 5.74) is 1.05. The van der Waals surface area contributed by atoms with E-state index in [1.807, 2.05) is 4.90 Å². The topological polar surface area (TPSA) is 94.6 Å². The highest BCUT2D eigenvalue weighted by Crippen LogP contribution is 2.41. The van der Waals surface area contributed by atoms with Gasteiger partial charge in [-0.1, -0.05) is 19.9 Å². The predicted molar refractivity (Wildman–Crippen MR) is 120 cm³/mol. The summed E-state index contributed by atoms with van der Waals surface area (Å²) in [5.74, 6) is -2.99. The molecule has 0 spiro atoms. The Hall–Kier alpha value is -3.30. The molecule has 178 valence electrons. The summed E-state index contributed by atoms with van der Waals surface area (Å²) in [6, 6.07) is 6.59. The number of carbonyl (C=O) groups excluding carboxylic acids is 1. The molecule has 3 atom stereocenters. The summed E-state index contributed by atoms with van der Waals surface area (Å²) in [5, 5.41) is 14.3. The molecule has 0 aliphatic carbocycles. The van der Waals surface area contributed by atoms with Gasteiger partial charge in [0.05, 0.1) is 23.7 Å². The van der Waals surface area contributed by atoms with Crippen LogP contribution >= 0.6 is 0 Å². The van der Waals surface area contributed by atoms with Gasteiger partial charge in [-0.05, 0) is 48.1 Å². The second-order valence-corrected chi connectivity index (χ2v) is 8.63. The fourth-order valence-electron chi connectivity index (χ4n) is 4.32. The molecule has 2 aromatic rings. The van der Waals surface area contributed by atoms with E-state index in [1.165, 1.54) is 30.6 Å². The van der Waals surface area contributed by atoms with E-state index >= 15 is 0 Å². The minimum absolute atomic E-state index is 0.194. The number of urea groups is 1. The SMILES string of the molecule is CC1CC(C)CN(c2ccc(C(CC(=O)O)C(F)(F)F)cc2NC(=O)Nc2ccncc2)C1. The Balaban J connectivity index is 1.96. The van der Waals surface area contributed by atoms with E-state index < -0.39 is 30.5 Å². The Morgan fingerprint density at radius 3 is 2.33 bits per heavy atom. The molecule has 1 aliphatic heterocycles. The van der Waals surface area contributed by atoms with Crippen LogP contribution in [0, 0.1) is 11.8 Å². The fourth-order valence-corrected chi connectivity index (χ4v) is 4.32. The van der Waals surface area contributed by atoms with Gasteiger partial charge in [0.2, 0.25) is 0 Å². The molecule has 2 amide bonds. The third-order valence-corrected chi connectivity index (χ3v) is 5.59. The van der Waals surface area contributed by atoms with E-state index in [-0.39, 0.29) is 11.3 Å². The van der Waals surface area contributed by atoms with Crippen molar-refractivity contribution >= 4 is 29.1 Å². The molecule has 3 N–H and O–H groups in total. The molecule has 10 heteroatoms. The highest BCUT2D eigenvalue weighted by atomic mass is 19.4. The lowest BCUT2D eigenvalue weighted by atomic mass is 9.90. The number of hydrogen-bond donors (Lipinski definition) is 3. The molecule has 1 saturated heterocycles. The van der Waals surface area contributed by atoms with Gasteiger partial charge in [0.1, 0.15) is 0 Å². The molecule has 0 bridgehead atoms. The number of pyridine rings is 1. The van der Waals surface area contributed by atoms with Gasteiger partial charge in [0.25, 0.3) is 0 Å². The molecule has 1 aromatic heterocycles. The molecule has 1 aromatic carbocycles. The summed E-state index contributed by atoms with van der Waals surface area (Å²) in [6.07, 6.45) is -1.81. The monoisotopic (exact) mass is 464 g/mol. The lowest BCUT2D eigenvalue weighted by Crippen LogP contribution is -2.39. The maximum atomic E-state index is 13.6. The van der Waals surface area contributed by atoms with Crippen LogP contribution in [0.5, 0.6) is 0 Å². The number of piperidine rings is 1. The number of nitrogens with zero attached hydrogens (tertiary/aromatic N) is 2. The largest absolute Gasteiger partial charge is 0.481 e. The van der Waals surface area contributed by atoms with Crippen molar-refractivity contribution in [2.75, 3.05) is 28.6 Å². The first-order valence-electron chi connectivity index (χ1n) is 10.7. The summed E-state index contributed by atoms with van der Waals surface area (Å²) >= 11 is 0. The van der Waals surface area contributed by atoms with Crippen molar-refractivity contribution in [1.29, 1.82) is 0 Å². The summed E-state index contributed by atoms with van der Waals surface area (Å²) in [4.78, 5) is 29.6. The summed E-state index contributed by atoms with van der Waals surface area (Å²) in [6.45, 7) is 5.60. The number of anilines is 3. The van der Waals surface area contributed by atoms with Gasteiger partial charge in [-0.3, -0.25) is 9.78 Å². The van der Waals surface area contributed by atoms with Crippen LogP contribution in [0.25, 0.3) is 0 Å². The van der Waals surface area contributed by atoms with Crippen LogP contribution in [0.15, 0.2) is 42.7 Å². The van der Waals surface area contributed by atoms with E-state index in [1.54, 1.807) is 12.1 Å². The molecule has 1 fully saturated rings. The number of carbonyl (C=O) groups is 2. The first-order valence-corrected chi connectivity index (χ1v) is 10.7. The quantitative estimate of drug-likeness (QED) is 0.537. The van der Waals surface area contributed by atoms with Crippen molar-refractivity contribution in [2.24, 2.45) is 11.8 Å². The van der Waals surface area contributed by atoms with Gasteiger partial charge in [0.15, 0.2) is 0 Å². The number of carboxylic acids is 1. The van der Waals surface area contributed by atoms with Crippen molar-refractivity contribution < 1.29 is 27.9 Å². The molecule has 7 nitrogen and oxygen atoms in total. The highest BCUT2D eigenvalue weighted by Gasteiger charge is 2.42. The first kappa shape index (κ1) is 24.3. The van der Waals surface area contributed by atoms with E-state index in [9.17, 15) is 22.8 Å². The molecule has 1 aliphatic rings. The standard InChI is InChI=1S/C23H27F3N4O3/c1-14-9-15(2)13-30(12-14)20-4-3-16(18(11-21(31)32)23(24,25)26)10-19(20)29-22(33)28-17-5-7-27-8-6-17/h3-8,10,14-15,18H,9,11-13H2,1-2H3,(H,31,32)(H2,27,28,29,33). The third kappa shape index (κ3) is 6.59.